The van der Waals surface area contributed by atoms with Crippen molar-refractivity contribution >= 4 is 23.5 Å². The molecule has 0 atom stereocenters. The molecule has 8 nitrogen and oxygen atoms in total. The molecule has 1 aromatic carbocycles. The van der Waals surface area contributed by atoms with Crippen molar-refractivity contribution in [3.63, 3.8) is 0 Å². The average Bonchev–Trinajstić information content (AvgIpc) is 3.65. The van der Waals surface area contributed by atoms with Crippen LogP contribution in [0, 0.1) is 5.92 Å². The Morgan fingerprint density at radius 2 is 1.62 bits per heavy atom. The predicted octanol–water partition coefficient (Wildman–Crippen LogP) is 3.04. The zero-order valence-electron chi connectivity index (χ0n) is 18.6. The van der Waals surface area contributed by atoms with Crippen LogP contribution in [0.4, 0.5) is 10.5 Å². The molecule has 8 heteroatoms. The Bertz CT molecular complexity index is 812. The van der Waals surface area contributed by atoms with E-state index in [0.29, 0.717) is 30.6 Å². The Morgan fingerprint density at radius 1 is 0.906 bits per heavy atom. The number of carbonyl (C=O) groups is 3. The lowest BCUT2D eigenvalue weighted by Crippen LogP contribution is -2.51. The molecule has 1 heterocycles. The van der Waals surface area contributed by atoms with E-state index in [-0.39, 0.29) is 36.4 Å². The van der Waals surface area contributed by atoms with E-state index in [1.54, 1.807) is 18.2 Å². The third-order valence-electron chi connectivity index (χ3n) is 6.50. The number of amides is 4. The molecule has 3 aliphatic rings. The Kier molecular flexibility index (Phi) is 7.50. The Balaban J connectivity index is 1.14. The Morgan fingerprint density at radius 3 is 2.34 bits per heavy atom. The number of hydrogen-bond donors (Lipinski definition) is 3. The summed E-state index contributed by atoms with van der Waals surface area (Å²) in [6.45, 7) is 1.21. The van der Waals surface area contributed by atoms with Crippen molar-refractivity contribution in [2.75, 3.05) is 25.0 Å². The highest BCUT2D eigenvalue weighted by molar-refractivity contribution is 5.94. The molecule has 0 spiro atoms. The van der Waals surface area contributed by atoms with E-state index in [0.717, 1.165) is 38.5 Å². The molecule has 0 bridgehead atoms. The van der Waals surface area contributed by atoms with Crippen LogP contribution >= 0.6 is 0 Å². The topological polar surface area (TPSA) is 99.8 Å². The number of nitrogens with zero attached hydrogens (tertiary/aromatic N) is 1. The fourth-order valence-corrected chi connectivity index (χ4v) is 4.41. The second kappa shape index (κ2) is 10.7. The zero-order valence-corrected chi connectivity index (χ0v) is 18.6. The smallest absolute Gasteiger partial charge is 0.317 e. The molecule has 174 valence electrons. The van der Waals surface area contributed by atoms with Crippen LogP contribution in [0.5, 0.6) is 5.75 Å². The van der Waals surface area contributed by atoms with Crippen molar-refractivity contribution < 1.29 is 19.1 Å². The van der Waals surface area contributed by atoms with Crippen LogP contribution in [0.3, 0.4) is 0 Å². The van der Waals surface area contributed by atoms with E-state index in [1.807, 2.05) is 11.0 Å². The van der Waals surface area contributed by atoms with E-state index in [4.69, 9.17) is 4.74 Å². The number of hydrogen-bond acceptors (Lipinski definition) is 4. The number of benzene rings is 1. The van der Waals surface area contributed by atoms with Gasteiger partial charge in [0.05, 0.1) is 0 Å². The Labute approximate surface area is 189 Å². The van der Waals surface area contributed by atoms with Gasteiger partial charge >= 0.3 is 6.03 Å². The van der Waals surface area contributed by atoms with Crippen molar-refractivity contribution in [3.8, 4) is 5.75 Å². The van der Waals surface area contributed by atoms with E-state index < -0.39 is 0 Å². The van der Waals surface area contributed by atoms with Crippen LogP contribution in [0.1, 0.15) is 57.8 Å². The van der Waals surface area contributed by atoms with Crippen LogP contribution in [0.15, 0.2) is 24.3 Å². The predicted molar refractivity (Wildman–Crippen MR) is 121 cm³/mol. The summed E-state index contributed by atoms with van der Waals surface area (Å²) in [7, 11) is 0. The largest absolute Gasteiger partial charge is 0.484 e. The van der Waals surface area contributed by atoms with Crippen molar-refractivity contribution in [3.05, 3.63) is 24.3 Å². The van der Waals surface area contributed by atoms with Gasteiger partial charge in [-0.2, -0.15) is 0 Å². The molecule has 2 aliphatic carbocycles. The van der Waals surface area contributed by atoms with Crippen molar-refractivity contribution in [2.24, 2.45) is 5.92 Å². The molecule has 0 unspecified atom stereocenters. The number of ether oxygens (including phenoxy) is 1. The normalized spacial score (nSPS) is 19.8. The highest BCUT2D eigenvalue weighted by Crippen LogP contribution is 2.30. The molecule has 4 rings (SSSR count). The second-order valence-corrected chi connectivity index (χ2v) is 9.19. The summed E-state index contributed by atoms with van der Waals surface area (Å²) in [5.74, 6) is 0.541. The molecule has 0 radical (unpaired) electrons. The highest BCUT2D eigenvalue weighted by Gasteiger charge is 2.29. The molecular formula is C24H34N4O4. The van der Waals surface area contributed by atoms with Crippen LogP contribution < -0.4 is 20.7 Å². The molecule has 4 amide bonds. The van der Waals surface area contributed by atoms with E-state index >= 15 is 0 Å². The van der Waals surface area contributed by atoms with Crippen molar-refractivity contribution in [2.45, 2.75) is 69.9 Å². The van der Waals surface area contributed by atoms with Gasteiger partial charge < -0.3 is 25.6 Å². The lowest BCUT2D eigenvalue weighted by atomic mass is 9.95. The molecule has 0 aromatic heterocycles. The number of piperidine rings is 1. The molecule has 1 aromatic rings. The summed E-state index contributed by atoms with van der Waals surface area (Å²) >= 11 is 0. The van der Waals surface area contributed by atoms with Crippen LogP contribution in [-0.4, -0.2) is 54.5 Å². The van der Waals surface area contributed by atoms with Crippen LogP contribution in [-0.2, 0) is 9.59 Å². The second-order valence-electron chi connectivity index (χ2n) is 9.19. The summed E-state index contributed by atoms with van der Waals surface area (Å²) in [5.41, 5.74) is 0.679. The van der Waals surface area contributed by atoms with E-state index in [1.165, 1.54) is 19.3 Å². The van der Waals surface area contributed by atoms with Gasteiger partial charge in [-0.05, 0) is 50.7 Å². The summed E-state index contributed by atoms with van der Waals surface area (Å²) in [4.78, 5) is 38.5. The number of carbonyl (C=O) groups excluding carboxylic acids is 3. The lowest BCUT2D eigenvalue weighted by molar-refractivity contribution is -0.124. The maximum absolute atomic E-state index is 12.5. The molecular weight excluding hydrogens is 408 g/mol. The van der Waals surface area contributed by atoms with Gasteiger partial charge in [-0.3, -0.25) is 9.59 Å². The van der Waals surface area contributed by atoms with Gasteiger partial charge in [0.25, 0.3) is 5.91 Å². The van der Waals surface area contributed by atoms with Crippen LogP contribution in [0.25, 0.3) is 0 Å². The molecule has 1 saturated heterocycles. The SMILES string of the molecule is O=C(COc1cccc(NC(=O)C2CC2)c1)NC1CCN(C(=O)NC2CCCCC2)CC1. The molecule has 1 aliphatic heterocycles. The maximum atomic E-state index is 12.5. The monoisotopic (exact) mass is 442 g/mol. The highest BCUT2D eigenvalue weighted by atomic mass is 16.5. The number of likely N-dealkylation sites (tertiary alicyclic amines) is 1. The molecule has 32 heavy (non-hydrogen) atoms. The summed E-state index contributed by atoms with van der Waals surface area (Å²) in [6, 6.07) is 7.49. The van der Waals surface area contributed by atoms with Crippen LogP contribution in [0.2, 0.25) is 0 Å². The average molecular weight is 443 g/mol. The first-order valence-corrected chi connectivity index (χ1v) is 12.0. The minimum atomic E-state index is -0.178. The third-order valence-corrected chi connectivity index (χ3v) is 6.50. The summed E-state index contributed by atoms with van der Waals surface area (Å²) in [5, 5.41) is 9.05. The summed E-state index contributed by atoms with van der Waals surface area (Å²) < 4.78 is 5.61. The minimum Gasteiger partial charge on any atom is -0.484 e. The van der Waals surface area contributed by atoms with Gasteiger partial charge in [-0.25, -0.2) is 4.79 Å². The summed E-state index contributed by atoms with van der Waals surface area (Å²) in [6.07, 6.45) is 9.20. The number of urea groups is 1. The Hall–Kier alpha value is -2.77. The maximum Gasteiger partial charge on any atom is 0.317 e. The third kappa shape index (κ3) is 6.61. The zero-order chi connectivity index (χ0) is 22.3. The van der Waals surface area contributed by atoms with E-state index in [2.05, 4.69) is 16.0 Å². The van der Waals surface area contributed by atoms with Crippen molar-refractivity contribution in [1.82, 2.24) is 15.5 Å². The fraction of sp³-hybridized carbons (Fsp3) is 0.625. The van der Waals surface area contributed by atoms with Gasteiger partial charge in [0.2, 0.25) is 5.91 Å². The minimum absolute atomic E-state index is 0.0265. The fourth-order valence-electron chi connectivity index (χ4n) is 4.41. The number of nitrogens with one attached hydrogen (secondary N) is 3. The molecule has 2 saturated carbocycles. The standard InChI is InChI=1S/C24H34N4O4/c29-22(16-32-21-8-4-7-20(15-21)26-23(30)17-9-10-17)25-19-11-13-28(14-12-19)24(31)27-18-5-2-1-3-6-18/h4,7-8,15,17-19H,1-3,5-6,9-14,16H2,(H,25,29)(H,26,30)(H,27,31). The van der Waals surface area contributed by atoms with E-state index in [9.17, 15) is 14.4 Å². The first-order valence-electron chi connectivity index (χ1n) is 12.0. The first-order chi connectivity index (χ1) is 15.6. The first kappa shape index (κ1) is 22.4. The van der Waals surface area contributed by atoms with Gasteiger partial charge in [-0.1, -0.05) is 25.3 Å². The lowest BCUT2D eigenvalue weighted by Gasteiger charge is -2.34. The quantitative estimate of drug-likeness (QED) is 0.604. The van der Waals surface area contributed by atoms with Gasteiger partial charge in [0.15, 0.2) is 6.61 Å². The molecule has 3 N–H and O–H groups in total. The number of anilines is 1. The van der Waals surface area contributed by atoms with Gasteiger partial charge in [-0.15, -0.1) is 0 Å². The number of rotatable bonds is 7. The molecule has 3 fully saturated rings. The van der Waals surface area contributed by atoms with Crippen molar-refractivity contribution in [1.29, 1.82) is 0 Å². The van der Waals surface area contributed by atoms with Gasteiger partial charge in [0, 0.05) is 42.8 Å². The van der Waals surface area contributed by atoms with Gasteiger partial charge in [0.1, 0.15) is 5.75 Å².